The zero-order valence-corrected chi connectivity index (χ0v) is 11.4. The lowest BCUT2D eigenvalue weighted by atomic mass is 10.1. The number of anilines is 1. The van der Waals surface area contributed by atoms with Gasteiger partial charge in [-0.05, 0) is 24.3 Å². The highest BCUT2D eigenvalue weighted by Crippen LogP contribution is 2.33. The lowest BCUT2D eigenvalue weighted by Crippen LogP contribution is -2.29. The van der Waals surface area contributed by atoms with Gasteiger partial charge in [-0.2, -0.15) is 0 Å². The van der Waals surface area contributed by atoms with Crippen LogP contribution in [-0.4, -0.2) is 27.8 Å². The van der Waals surface area contributed by atoms with E-state index in [4.69, 9.17) is 5.11 Å². The Morgan fingerprint density at radius 3 is 2.43 bits per heavy atom. The lowest BCUT2D eigenvalue weighted by molar-refractivity contribution is -0.385. The summed E-state index contributed by atoms with van der Waals surface area (Å²) in [6.07, 6.45) is 0. The van der Waals surface area contributed by atoms with Crippen molar-refractivity contribution in [2.75, 3.05) is 4.90 Å². The molecule has 8 nitrogen and oxygen atoms in total. The van der Waals surface area contributed by atoms with Gasteiger partial charge in [-0.25, -0.2) is 9.69 Å². The molecule has 1 aliphatic heterocycles. The molecule has 2 aromatic rings. The second kappa shape index (κ2) is 5.02. The zero-order chi connectivity index (χ0) is 16.7. The van der Waals surface area contributed by atoms with Crippen LogP contribution in [0.4, 0.5) is 11.4 Å². The quantitative estimate of drug-likeness (QED) is 0.526. The third-order valence-corrected chi connectivity index (χ3v) is 3.44. The summed E-state index contributed by atoms with van der Waals surface area (Å²) < 4.78 is 0. The first-order valence-corrected chi connectivity index (χ1v) is 6.41. The molecule has 1 heterocycles. The molecule has 8 heteroatoms. The Morgan fingerprint density at radius 1 is 1.09 bits per heavy atom. The van der Waals surface area contributed by atoms with E-state index < -0.39 is 28.4 Å². The van der Waals surface area contributed by atoms with Crippen LogP contribution in [0.2, 0.25) is 0 Å². The molecule has 0 fully saturated rings. The molecular weight excluding hydrogens is 304 g/mol. The number of hydrogen-bond donors (Lipinski definition) is 1. The molecule has 2 amide bonds. The Balaban J connectivity index is 2.14. The number of aromatic carboxylic acids is 1. The fraction of sp³-hybridized carbons (Fsp3) is 0. The summed E-state index contributed by atoms with van der Waals surface area (Å²) in [7, 11) is 0. The predicted molar refractivity (Wildman–Crippen MR) is 77.6 cm³/mol. The number of carbonyl (C=O) groups excluding carboxylic acids is 2. The zero-order valence-electron chi connectivity index (χ0n) is 11.4. The molecule has 0 saturated carbocycles. The summed E-state index contributed by atoms with van der Waals surface area (Å²) in [4.78, 5) is 46.9. The summed E-state index contributed by atoms with van der Waals surface area (Å²) >= 11 is 0. The van der Waals surface area contributed by atoms with E-state index in [-0.39, 0.29) is 22.4 Å². The van der Waals surface area contributed by atoms with Gasteiger partial charge in [-0.1, -0.05) is 12.1 Å². The Hall–Kier alpha value is -3.55. The van der Waals surface area contributed by atoms with Crippen molar-refractivity contribution in [3.63, 3.8) is 0 Å². The second-order valence-corrected chi connectivity index (χ2v) is 4.76. The maximum absolute atomic E-state index is 12.5. The number of hydrogen-bond acceptors (Lipinski definition) is 5. The molecule has 0 aliphatic carbocycles. The molecule has 0 spiro atoms. The third-order valence-electron chi connectivity index (χ3n) is 3.44. The number of nitro benzene ring substituents is 1. The third kappa shape index (κ3) is 2.13. The number of carboxylic acid groups (broad SMARTS) is 1. The van der Waals surface area contributed by atoms with Crippen molar-refractivity contribution < 1.29 is 24.4 Å². The highest BCUT2D eigenvalue weighted by atomic mass is 16.6. The number of fused-ring (bicyclic) bond motifs is 1. The molecule has 3 rings (SSSR count). The molecule has 0 radical (unpaired) electrons. The summed E-state index contributed by atoms with van der Waals surface area (Å²) in [6.45, 7) is 0. The Labute approximate surface area is 128 Å². The maximum atomic E-state index is 12.5. The van der Waals surface area contributed by atoms with Crippen LogP contribution in [-0.2, 0) is 0 Å². The highest BCUT2D eigenvalue weighted by molar-refractivity contribution is 6.35. The van der Waals surface area contributed by atoms with Gasteiger partial charge in [0.05, 0.1) is 21.7 Å². The smallest absolute Gasteiger partial charge is 0.335 e. The van der Waals surface area contributed by atoms with E-state index in [1.54, 1.807) is 0 Å². The van der Waals surface area contributed by atoms with E-state index in [0.717, 1.165) is 17.0 Å². The minimum Gasteiger partial charge on any atom is -0.478 e. The van der Waals surface area contributed by atoms with E-state index in [1.165, 1.54) is 30.3 Å². The van der Waals surface area contributed by atoms with Crippen LogP contribution >= 0.6 is 0 Å². The number of carbonyl (C=O) groups is 3. The van der Waals surface area contributed by atoms with Crippen LogP contribution < -0.4 is 4.90 Å². The van der Waals surface area contributed by atoms with Gasteiger partial charge in [0.2, 0.25) is 0 Å². The van der Waals surface area contributed by atoms with Crippen molar-refractivity contribution in [3.05, 3.63) is 69.3 Å². The van der Waals surface area contributed by atoms with Crippen molar-refractivity contribution in [2.45, 2.75) is 0 Å². The minimum absolute atomic E-state index is 0.0467. The van der Waals surface area contributed by atoms with Crippen LogP contribution in [0.5, 0.6) is 0 Å². The van der Waals surface area contributed by atoms with Gasteiger partial charge in [0.1, 0.15) is 5.56 Å². The van der Waals surface area contributed by atoms with Crippen LogP contribution in [0.25, 0.3) is 0 Å². The molecule has 2 aromatic carbocycles. The molecular formula is C15H8N2O6. The summed E-state index contributed by atoms with van der Waals surface area (Å²) in [5, 5.41) is 20.0. The first-order chi connectivity index (χ1) is 10.9. The number of nitro groups is 1. The molecule has 114 valence electrons. The van der Waals surface area contributed by atoms with Gasteiger partial charge < -0.3 is 5.11 Å². The minimum atomic E-state index is -1.21. The number of benzene rings is 2. The Kier molecular flexibility index (Phi) is 3.14. The van der Waals surface area contributed by atoms with E-state index in [0.29, 0.717) is 0 Å². The first kappa shape index (κ1) is 14.4. The van der Waals surface area contributed by atoms with Gasteiger partial charge in [-0.15, -0.1) is 0 Å². The van der Waals surface area contributed by atoms with Gasteiger partial charge in [-0.3, -0.25) is 19.7 Å². The van der Waals surface area contributed by atoms with Crippen molar-refractivity contribution >= 4 is 29.2 Å². The number of imide groups is 1. The van der Waals surface area contributed by atoms with E-state index in [1.807, 2.05) is 0 Å². The number of nitrogens with zero attached hydrogens (tertiary/aromatic N) is 2. The number of carboxylic acids is 1. The van der Waals surface area contributed by atoms with Crippen molar-refractivity contribution in [1.29, 1.82) is 0 Å². The summed E-state index contributed by atoms with van der Waals surface area (Å²) in [6, 6.07) is 9.03. The molecule has 23 heavy (non-hydrogen) atoms. The molecule has 0 atom stereocenters. The molecule has 1 aliphatic rings. The molecule has 0 aromatic heterocycles. The fourth-order valence-corrected chi connectivity index (χ4v) is 2.43. The molecule has 0 unspecified atom stereocenters. The Morgan fingerprint density at radius 2 is 1.78 bits per heavy atom. The van der Waals surface area contributed by atoms with Crippen LogP contribution in [0.3, 0.4) is 0 Å². The average molecular weight is 312 g/mol. The topological polar surface area (TPSA) is 118 Å². The predicted octanol–water partition coefficient (Wildman–Crippen LogP) is 2.09. The van der Waals surface area contributed by atoms with E-state index >= 15 is 0 Å². The lowest BCUT2D eigenvalue weighted by Gasteiger charge is -2.14. The van der Waals surface area contributed by atoms with Crippen LogP contribution in [0, 0.1) is 10.1 Å². The second-order valence-electron chi connectivity index (χ2n) is 4.76. The molecule has 0 bridgehead atoms. The van der Waals surface area contributed by atoms with Crippen LogP contribution in [0.15, 0.2) is 42.5 Å². The maximum Gasteiger partial charge on any atom is 0.335 e. The van der Waals surface area contributed by atoms with Crippen LogP contribution in [0.1, 0.15) is 31.1 Å². The van der Waals surface area contributed by atoms with Crippen molar-refractivity contribution in [3.8, 4) is 0 Å². The molecule has 1 N–H and O–H groups in total. The average Bonchev–Trinajstić information content (AvgIpc) is 2.79. The first-order valence-electron chi connectivity index (χ1n) is 6.41. The van der Waals surface area contributed by atoms with Gasteiger partial charge >= 0.3 is 5.97 Å². The monoisotopic (exact) mass is 312 g/mol. The number of rotatable bonds is 3. The van der Waals surface area contributed by atoms with Crippen molar-refractivity contribution in [2.24, 2.45) is 0 Å². The Bertz CT molecular complexity index is 889. The van der Waals surface area contributed by atoms with Gasteiger partial charge in [0, 0.05) is 6.07 Å². The van der Waals surface area contributed by atoms with Gasteiger partial charge in [0.25, 0.3) is 17.5 Å². The summed E-state index contributed by atoms with van der Waals surface area (Å²) in [5.41, 5.74) is -0.884. The summed E-state index contributed by atoms with van der Waals surface area (Å²) in [5.74, 6) is -2.79. The fourth-order valence-electron chi connectivity index (χ4n) is 2.43. The standard InChI is InChI=1S/C15H8N2O6/c18-13-10-5-2-6-11(17(22)23)12(10)14(19)16(13)9-4-1-3-8(7-9)15(20)21/h1-7H,(H,20,21). The van der Waals surface area contributed by atoms with Gasteiger partial charge in [0.15, 0.2) is 0 Å². The van der Waals surface area contributed by atoms with E-state index in [2.05, 4.69) is 0 Å². The molecule has 0 saturated heterocycles. The largest absolute Gasteiger partial charge is 0.478 e. The SMILES string of the molecule is O=C(O)c1cccc(N2C(=O)c3cccc([N+](=O)[O-])c3C2=O)c1. The van der Waals surface area contributed by atoms with Crippen molar-refractivity contribution in [1.82, 2.24) is 0 Å². The van der Waals surface area contributed by atoms with E-state index in [9.17, 15) is 24.5 Å². The normalized spacial score (nSPS) is 13.1. The highest BCUT2D eigenvalue weighted by Gasteiger charge is 2.41. The number of amides is 2.